The fourth-order valence-electron chi connectivity index (χ4n) is 2.57. The van der Waals surface area contributed by atoms with Gasteiger partial charge in [-0.2, -0.15) is 0 Å². The highest BCUT2D eigenvalue weighted by Gasteiger charge is 2.30. The van der Waals surface area contributed by atoms with Crippen LogP contribution in [0, 0.1) is 5.82 Å². The largest absolute Gasteiger partial charge is 0.484 e. The third-order valence-corrected chi connectivity index (χ3v) is 3.60. The van der Waals surface area contributed by atoms with Crippen molar-refractivity contribution in [3.05, 3.63) is 47.8 Å². The summed E-state index contributed by atoms with van der Waals surface area (Å²) in [6.45, 7) is 0. The Bertz CT molecular complexity index is 596. The average Bonchev–Trinajstić information content (AvgIpc) is 2.84. The first-order valence-corrected chi connectivity index (χ1v) is 6.28. The summed E-state index contributed by atoms with van der Waals surface area (Å²) in [5.41, 5.74) is 1.90. The standard InChI is InChI=1S/C14H16FN3O/c1-16-11-6-14(12-7-17-8-18(12)2)19-13-4-3-9(15)5-10(11)13/h3-5,7-8,11,14,16H,6H2,1-2H3. The van der Waals surface area contributed by atoms with Crippen LogP contribution < -0.4 is 10.1 Å². The molecule has 2 unspecified atom stereocenters. The molecular weight excluding hydrogens is 245 g/mol. The number of halogens is 1. The molecule has 0 saturated heterocycles. The molecule has 0 saturated carbocycles. The van der Waals surface area contributed by atoms with Crippen molar-refractivity contribution in [2.24, 2.45) is 7.05 Å². The van der Waals surface area contributed by atoms with Crippen molar-refractivity contribution in [3.8, 4) is 5.75 Å². The minimum Gasteiger partial charge on any atom is -0.484 e. The molecule has 5 heteroatoms. The zero-order valence-electron chi connectivity index (χ0n) is 10.9. The van der Waals surface area contributed by atoms with Gasteiger partial charge < -0.3 is 14.6 Å². The van der Waals surface area contributed by atoms with Crippen LogP contribution in [0.4, 0.5) is 4.39 Å². The van der Waals surface area contributed by atoms with Gasteiger partial charge in [-0.3, -0.25) is 0 Å². The lowest BCUT2D eigenvalue weighted by atomic mass is 9.95. The van der Waals surface area contributed by atoms with Crippen LogP contribution in [-0.4, -0.2) is 16.6 Å². The first kappa shape index (κ1) is 12.2. The number of benzene rings is 1. The highest BCUT2D eigenvalue weighted by molar-refractivity contribution is 5.39. The van der Waals surface area contributed by atoms with E-state index in [1.165, 1.54) is 12.1 Å². The van der Waals surface area contributed by atoms with E-state index in [2.05, 4.69) is 10.3 Å². The van der Waals surface area contributed by atoms with Gasteiger partial charge in [-0.25, -0.2) is 9.37 Å². The van der Waals surface area contributed by atoms with Gasteiger partial charge in [0, 0.05) is 25.1 Å². The summed E-state index contributed by atoms with van der Waals surface area (Å²) in [4.78, 5) is 4.12. The van der Waals surface area contributed by atoms with Crippen LogP contribution in [0.1, 0.15) is 29.8 Å². The van der Waals surface area contributed by atoms with Crippen LogP contribution in [0.25, 0.3) is 0 Å². The maximum Gasteiger partial charge on any atom is 0.142 e. The zero-order valence-corrected chi connectivity index (χ0v) is 10.9. The van der Waals surface area contributed by atoms with Crippen LogP contribution in [0.15, 0.2) is 30.7 Å². The molecule has 1 aliphatic heterocycles. The Morgan fingerprint density at radius 2 is 2.32 bits per heavy atom. The molecular formula is C14H16FN3O. The van der Waals surface area contributed by atoms with Crippen molar-refractivity contribution in [3.63, 3.8) is 0 Å². The van der Waals surface area contributed by atoms with Gasteiger partial charge in [0.25, 0.3) is 0 Å². The number of imidazole rings is 1. The lowest BCUT2D eigenvalue weighted by molar-refractivity contribution is 0.146. The van der Waals surface area contributed by atoms with E-state index in [1.807, 2.05) is 24.9 Å². The number of aryl methyl sites for hydroxylation is 1. The third kappa shape index (κ3) is 2.10. The molecule has 3 rings (SSSR count). The second kappa shape index (κ2) is 4.66. The van der Waals surface area contributed by atoms with E-state index in [-0.39, 0.29) is 18.0 Å². The van der Waals surface area contributed by atoms with Crippen molar-refractivity contribution in [2.45, 2.75) is 18.6 Å². The molecule has 19 heavy (non-hydrogen) atoms. The Morgan fingerprint density at radius 3 is 3.00 bits per heavy atom. The van der Waals surface area contributed by atoms with Gasteiger partial charge >= 0.3 is 0 Å². The van der Waals surface area contributed by atoms with Crippen LogP contribution in [0.2, 0.25) is 0 Å². The van der Waals surface area contributed by atoms with Crippen molar-refractivity contribution < 1.29 is 9.13 Å². The summed E-state index contributed by atoms with van der Waals surface area (Å²) in [7, 11) is 3.82. The maximum atomic E-state index is 13.3. The van der Waals surface area contributed by atoms with Crippen LogP contribution in [0.5, 0.6) is 5.75 Å². The van der Waals surface area contributed by atoms with E-state index in [4.69, 9.17) is 4.74 Å². The summed E-state index contributed by atoms with van der Waals surface area (Å²) < 4.78 is 21.3. The predicted molar refractivity (Wildman–Crippen MR) is 69.4 cm³/mol. The molecule has 0 fully saturated rings. The SMILES string of the molecule is CNC1CC(c2cncn2C)Oc2ccc(F)cc21. The van der Waals surface area contributed by atoms with Gasteiger partial charge in [-0.05, 0) is 25.2 Å². The average molecular weight is 261 g/mol. The molecule has 0 bridgehead atoms. The number of nitrogens with one attached hydrogen (secondary N) is 1. The second-order valence-corrected chi connectivity index (χ2v) is 4.80. The Labute approximate surface area is 111 Å². The summed E-state index contributed by atoms with van der Waals surface area (Å²) in [5.74, 6) is 0.500. The fourth-order valence-corrected chi connectivity index (χ4v) is 2.57. The molecule has 0 aliphatic carbocycles. The molecule has 1 aromatic heterocycles. The van der Waals surface area contributed by atoms with E-state index in [9.17, 15) is 4.39 Å². The Balaban J connectivity index is 1.98. The van der Waals surface area contributed by atoms with Crippen LogP contribution in [-0.2, 0) is 7.05 Å². The molecule has 0 radical (unpaired) electrons. The van der Waals surface area contributed by atoms with Crippen LogP contribution in [0.3, 0.4) is 0 Å². The molecule has 1 N–H and O–H groups in total. The number of rotatable bonds is 2. The van der Waals surface area contributed by atoms with Crippen molar-refractivity contribution in [1.29, 1.82) is 0 Å². The number of aromatic nitrogens is 2. The summed E-state index contributed by atoms with van der Waals surface area (Å²) in [6.07, 6.45) is 4.26. The van der Waals surface area contributed by atoms with Crippen molar-refractivity contribution >= 4 is 0 Å². The summed E-state index contributed by atoms with van der Waals surface area (Å²) in [6, 6.07) is 4.74. The lowest BCUT2D eigenvalue weighted by Gasteiger charge is -2.32. The minimum atomic E-state index is -0.235. The first-order valence-electron chi connectivity index (χ1n) is 6.28. The Hall–Kier alpha value is -1.88. The summed E-state index contributed by atoms with van der Waals surface area (Å²) in [5, 5.41) is 3.22. The molecule has 0 amide bonds. The number of ether oxygens (including phenoxy) is 1. The van der Waals surface area contributed by atoms with Gasteiger partial charge in [0.05, 0.1) is 18.2 Å². The molecule has 2 atom stereocenters. The molecule has 2 aromatic rings. The molecule has 1 aliphatic rings. The molecule has 4 nitrogen and oxygen atoms in total. The van der Waals surface area contributed by atoms with Gasteiger partial charge in [-0.1, -0.05) is 0 Å². The third-order valence-electron chi connectivity index (χ3n) is 3.60. The van der Waals surface area contributed by atoms with Gasteiger partial charge in [0.1, 0.15) is 17.7 Å². The number of fused-ring (bicyclic) bond motifs is 1. The van der Waals surface area contributed by atoms with Crippen LogP contribution >= 0.6 is 0 Å². The fraction of sp³-hybridized carbons (Fsp3) is 0.357. The van der Waals surface area contributed by atoms with E-state index in [1.54, 1.807) is 12.4 Å². The molecule has 100 valence electrons. The first-order chi connectivity index (χ1) is 9.19. The second-order valence-electron chi connectivity index (χ2n) is 4.80. The van der Waals surface area contributed by atoms with E-state index < -0.39 is 0 Å². The smallest absolute Gasteiger partial charge is 0.142 e. The van der Waals surface area contributed by atoms with E-state index in [0.717, 1.165) is 23.4 Å². The molecule has 1 aromatic carbocycles. The van der Waals surface area contributed by atoms with Crippen molar-refractivity contribution in [2.75, 3.05) is 7.05 Å². The highest BCUT2D eigenvalue weighted by Crippen LogP contribution is 2.40. The summed E-state index contributed by atoms with van der Waals surface area (Å²) >= 11 is 0. The van der Waals surface area contributed by atoms with Crippen molar-refractivity contribution in [1.82, 2.24) is 14.9 Å². The lowest BCUT2D eigenvalue weighted by Crippen LogP contribution is -2.27. The van der Waals surface area contributed by atoms with E-state index >= 15 is 0 Å². The topological polar surface area (TPSA) is 39.1 Å². The number of hydrogen-bond acceptors (Lipinski definition) is 3. The Morgan fingerprint density at radius 1 is 1.47 bits per heavy atom. The monoisotopic (exact) mass is 261 g/mol. The number of hydrogen-bond donors (Lipinski definition) is 1. The highest BCUT2D eigenvalue weighted by atomic mass is 19.1. The van der Waals surface area contributed by atoms with Gasteiger partial charge in [0.15, 0.2) is 0 Å². The number of nitrogens with zero attached hydrogens (tertiary/aromatic N) is 2. The van der Waals surface area contributed by atoms with E-state index in [0.29, 0.717) is 0 Å². The predicted octanol–water partition coefficient (Wildman–Crippen LogP) is 2.34. The molecule has 2 heterocycles. The minimum absolute atomic E-state index is 0.0667. The molecule has 0 spiro atoms. The van der Waals surface area contributed by atoms with Gasteiger partial charge in [-0.15, -0.1) is 0 Å². The maximum absolute atomic E-state index is 13.3. The quantitative estimate of drug-likeness (QED) is 0.902. The van der Waals surface area contributed by atoms with Gasteiger partial charge in [0.2, 0.25) is 0 Å². The Kier molecular flexibility index (Phi) is 2.98. The zero-order chi connectivity index (χ0) is 13.4. The normalized spacial score (nSPS) is 21.8.